The second-order valence-electron chi connectivity index (χ2n) is 6.16. The van der Waals surface area contributed by atoms with Gasteiger partial charge in [-0.1, -0.05) is 49.4 Å². The van der Waals surface area contributed by atoms with E-state index in [1.807, 2.05) is 73.7 Å². The number of carbonyl (C=O) groups is 1. The number of para-hydroxylation sites is 2. The number of pyridine rings is 2. The van der Waals surface area contributed by atoms with Crippen LogP contribution in [0.5, 0.6) is 0 Å². The number of hydrogen-bond donors (Lipinski definition) is 1. The molecule has 0 spiro atoms. The Morgan fingerprint density at radius 1 is 1.00 bits per heavy atom. The number of aromatic nitrogens is 2. The molecule has 4 rings (SSSR count). The fourth-order valence-corrected chi connectivity index (χ4v) is 2.97. The van der Waals surface area contributed by atoms with E-state index >= 15 is 0 Å². The number of amides is 1. The quantitative estimate of drug-likeness (QED) is 0.443. The van der Waals surface area contributed by atoms with Crippen molar-refractivity contribution in [3.05, 3.63) is 83.7 Å². The highest BCUT2D eigenvalue weighted by atomic mass is 16.2. The van der Waals surface area contributed by atoms with Crippen molar-refractivity contribution in [1.82, 2.24) is 15.4 Å². The zero-order valence-electron chi connectivity index (χ0n) is 14.9. The molecule has 0 radical (unpaired) electrons. The van der Waals surface area contributed by atoms with Crippen molar-refractivity contribution in [3.63, 3.8) is 0 Å². The number of hydrogen-bond acceptors (Lipinski definition) is 4. The zero-order valence-corrected chi connectivity index (χ0v) is 14.9. The number of hydrazone groups is 1. The van der Waals surface area contributed by atoms with Crippen LogP contribution >= 0.6 is 0 Å². The van der Waals surface area contributed by atoms with Gasteiger partial charge in [0.1, 0.15) is 0 Å². The van der Waals surface area contributed by atoms with Gasteiger partial charge in [0.2, 0.25) is 0 Å². The minimum Gasteiger partial charge on any atom is -0.267 e. The third-order valence-corrected chi connectivity index (χ3v) is 4.36. The second-order valence-corrected chi connectivity index (χ2v) is 6.16. The van der Waals surface area contributed by atoms with Crippen molar-refractivity contribution < 1.29 is 4.79 Å². The van der Waals surface area contributed by atoms with E-state index in [-0.39, 0.29) is 5.91 Å². The van der Waals surface area contributed by atoms with Crippen LogP contribution in [0.1, 0.15) is 28.7 Å². The fraction of sp³-hybridized carbons (Fsp3) is 0.0909. The predicted octanol–water partition coefficient (Wildman–Crippen LogP) is 4.11. The van der Waals surface area contributed by atoms with Crippen molar-refractivity contribution in [3.8, 4) is 0 Å². The van der Waals surface area contributed by atoms with E-state index in [1.165, 1.54) is 0 Å². The van der Waals surface area contributed by atoms with E-state index < -0.39 is 0 Å². The summed E-state index contributed by atoms with van der Waals surface area (Å²) >= 11 is 0. The molecule has 0 unspecified atom stereocenters. The van der Waals surface area contributed by atoms with Gasteiger partial charge in [0, 0.05) is 16.5 Å². The van der Waals surface area contributed by atoms with Crippen molar-refractivity contribution in [1.29, 1.82) is 0 Å². The van der Waals surface area contributed by atoms with Gasteiger partial charge in [-0.15, -0.1) is 0 Å². The number of carbonyl (C=O) groups excluding carboxylic acids is 1. The summed E-state index contributed by atoms with van der Waals surface area (Å²) in [6.07, 6.45) is 2.31. The normalized spacial score (nSPS) is 11.3. The summed E-state index contributed by atoms with van der Waals surface area (Å²) in [5.41, 5.74) is 6.43. The van der Waals surface area contributed by atoms with E-state index in [4.69, 9.17) is 0 Å². The molecular weight excluding hydrogens is 336 g/mol. The van der Waals surface area contributed by atoms with Gasteiger partial charge in [0.25, 0.3) is 5.91 Å². The lowest BCUT2D eigenvalue weighted by Gasteiger charge is -2.07. The summed E-state index contributed by atoms with van der Waals surface area (Å²) in [7, 11) is 0. The molecule has 5 heteroatoms. The van der Waals surface area contributed by atoms with Crippen molar-refractivity contribution >= 4 is 33.9 Å². The van der Waals surface area contributed by atoms with Crippen molar-refractivity contribution in [2.45, 2.75) is 13.3 Å². The molecule has 1 amide bonds. The summed E-state index contributed by atoms with van der Waals surface area (Å²) in [6.45, 7) is 2.02. The van der Waals surface area contributed by atoms with Crippen LogP contribution in [0.15, 0.2) is 71.8 Å². The first-order valence-corrected chi connectivity index (χ1v) is 8.82. The smallest absolute Gasteiger partial charge is 0.267 e. The molecule has 5 nitrogen and oxygen atoms in total. The maximum Gasteiger partial charge on any atom is 0.272 e. The van der Waals surface area contributed by atoms with Crippen LogP contribution in [-0.4, -0.2) is 22.1 Å². The fourth-order valence-electron chi connectivity index (χ4n) is 2.97. The number of nitrogens with zero attached hydrogens (tertiary/aromatic N) is 3. The van der Waals surface area contributed by atoms with Crippen LogP contribution in [0, 0.1) is 0 Å². The third-order valence-electron chi connectivity index (χ3n) is 4.36. The molecule has 0 saturated heterocycles. The summed E-state index contributed by atoms with van der Waals surface area (Å²) in [5, 5.41) is 5.95. The van der Waals surface area contributed by atoms with Gasteiger partial charge >= 0.3 is 0 Å². The van der Waals surface area contributed by atoms with Gasteiger partial charge in [0.15, 0.2) is 0 Å². The highest BCUT2D eigenvalue weighted by Gasteiger charge is 2.11. The second kappa shape index (κ2) is 7.33. The molecule has 2 aromatic carbocycles. The summed E-state index contributed by atoms with van der Waals surface area (Å²) in [5.74, 6) is -0.264. The molecule has 1 N–H and O–H groups in total. The maximum atomic E-state index is 12.7. The van der Waals surface area contributed by atoms with Gasteiger partial charge in [-0.05, 0) is 30.7 Å². The Balaban J connectivity index is 1.58. The van der Waals surface area contributed by atoms with E-state index in [0.29, 0.717) is 11.3 Å². The lowest BCUT2D eigenvalue weighted by molar-refractivity contribution is 0.0956. The van der Waals surface area contributed by atoms with Crippen LogP contribution in [0.25, 0.3) is 21.8 Å². The molecule has 2 aromatic heterocycles. The number of fused-ring (bicyclic) bond motifs is 2. The molecule has 0 bridgehead atoms. The van der Waals surface area contributed by atoms with Gasteiger partial charge in [-0.2, -0.15) is 5.10 Å². The molecule has 0 aliphatic rings. The average molecular weight is 354 g/mol. The molecule has 2 heterocycles. The lowest BCUT2D eigenvalue weighted by Crippen LogP contribution is -2.18. The minimum absolute atomic E-state index is 0.264. The minimum atomic E-state index is -0.264. The highest BCUT2D eigenvalue weighted by molar-refractivity contribution is 6.06. The van der Waals surface area contributed by atoms with Gasteiger partial charge in [-0.25, -0.2) is 10.4 Å². The number of benzene rings is 2. The predicted molar refractivity (Wildman–Crippen MR) is 108 cm³/mol. The number of rotatable bonds is 4. The summed E-state index contributed by atoms with van der Waals surface area (Å²) in [4.78, 5) is 21.7. The Hall–Kier alpha value is -3.60. The van der Waals surface area contributed by atoms with E-state index in [9.17, 15) is 4.79 Å². The highest BCUT2D eigenvalue weighted by Crippen LogP contribution is 2.18. The standard InChI is InChI=1S/C22H18N4O/c1-2-16-13-19(18-8-4-6-10-21(18)24-16)22(27)26-23-14-17-12-11-15-7-3-5-9-20(15)25-17/h3-14H,2H2,1H3,(H,26,27)/b23-14-. The van der Waals surface area contributed by atoms with Crippen LogP contribution < -0.4 is 5.43 Å². The molecule has 4 aromatic rings. The van der Waals surface area contributed by atoms with Crippen LogP contribution in [0.3, 0.4) is 0 Å². The number of nitrogens with one attached hydrogen (secondary N) is 1. The SMILES string of the molecule is CCc1cc(C(=O)N/N=C\c2ccc3ccccc3n2)c2ccccc2n1. The third kappa shape index (κ3) is 3.53. The van der Waals surface area contributed by atoms with Gasteiger partial charge in [-0.3, -0.25) is 9.78 Å². The lowest BCUT2D eigenvalue weighted by atomic mass is 10.1. The molecule has 0 aliphatic heterocycles. The first-order chi connectivity index (χ1) is 13.2. The van der Waals surface area contributed by atoms with Gasteiger partial charge in [0.05, 0.1) is 28.5 Å². The Labute approximate surface area is 156 Å². The number of aryl methyl sites for hydroxylation is 1. The molecule has 0 saturated carbocycles. The van der Waals surface area contributed by atoms with Crippen molar-refractivity contribution in [2.24, 2.45) is 5.10 Å². The monoisotopic (exact) mass is 354 g/mol. The van der Waals surface area contributed by atoms with Crippen molar-refractivity contribution in [2.75, 3.05) is 0 Å². The average Bonchev–Trinajstić information content (AvgIpc) is 2.72. The molecule has 0 atom stereocenters. The maximum absolute atomic E-state index is 12.7. The van der Waals surface area contributed by atoms with Crippen LogP contribution in [0.2, 0.25) is 0 Å². The topological polar surface area (TPSA) is 67.2 Å². The summed E-state index contributed by atoms with van der Waals surface area (Å²) in [6, 6.07) is 21.2. The van der Waals surface area contributed by atoms with Gasteiger partial charge < -0.3 is 0 Å². The molecule has 132 valence electrons. The zero-order chi connectivity index (χ0) is 18.6. The Kier molecular flexibility index (Phi) is 4.58. The first-order valence-electron chi connectivity index (χ1n) is 8.82. The molecule has 0 fully saturated rings. The Morgan fingerprint density at radius 3 is 2.63 bits per heavy atom. The summed E-state index contributed by atoms with van der Waals surface area (Å²) < 4.78 is 0. The molecular formula is C22H18N4O. The Morgan fingerprint density at radius 2 is 1.78 bits per heavy atom. The van der Waals surface area contributed by atoms with E-state index in [0.717, 1.165) is 33.9 Å². The van der Waals surface area contributed by atoms with E-state index in [1.54, 1.807) is 6.21 Å². The largest absolute Gasteiger partial charge is 0.272 e. The van der Waals surface area contributed by atoms with Crippen LogP contribution in [0.4, 0.5) is 0 Å². The van der Waals surface area contributed by atoms with E-state index in [2.05, 4.69) is 20.5 Å². The molecule has 0 aliphatic carbocycles. The van der Waals surface area contributed by atoms with Crippen LogP contribution in [-0.2, 0) is 6.42 Å². The first kappa shape index (κ1) is 16.8. The molecule has 27 heavy (non-hydrogen) atoms. The Bertz CT molecular complexity index is 1170.